The van der Waals surface area contributed by atoms with Gasteiger partial charge in [0.05, 0.1) is 19.2 Å². The zero-order chi connectivity index (χ0) is 22.1. The number of para-hydroxylation sites is 1. The van der Waals surface area contributed by atoms with E-state index >= 15 is 0 Å². The Morgan fingerprint density at radius 2 is 1.87 bits per heavy atom. The van der Waals surface area contributed by atoms with Gasteiger partial charge in [-0.3, -0.25) is 4.79 Å². The van der Waals surface area contributed by atoms with Crippen LogP contribution in [-0.2, 0) is 16.1 Å². The first-order chi connectivity index (χ1) is 15.1. The minimum Gasteiger partial charge on any atom is -0.493 e. The van der Waals surface area contributed by atoms with Crippen LogP contribution in [0.1, 0.15) is 24.5 Å². The van der Waals surface area contributed by atoms with Gasteiger partial charge < -0.3 is 19.4 Å². The van der Waals surface area contributed by atoms with E-state index in [1.165, 1.54) is 17.6 Å². The molecule has 3 rings (SSSR count). The lowest BCUT2D eigenvalue weighted by Gasteiger charge is -2.13. The van der Waals surface area contributed by atoms with E-state index < -0.39 is 5.97 Å². The number of rotatable bonds is 11. The lowest BCUT2D eigenvalue weighted by atomic mass is 10.1. The van der Waals surface area contributed by atoms with Gasteiger partial charge in [-0.15, -0.1) is 11.3 Å². The third-order valence-corrected chi connectivity index (χ3v) is 5.49. The Balaban J connectivity index is 1.56. The molecular weight excluding hydrogens is 414 g/mol. The molecule has 162 valence electrons. The molecular formula is C24H25NO5S. The molecule has 0 atom stereocenters. The summed E-state index contributed by atoms with van der Waals surface area (Å²) >= 11 is 1.71. The number of carboxylic acid groups (broad SMARTS) is 1. The van der Waals surface area contributed by atoms with Crippen LogP contribution in [0.15, 0.2) is 65.1 Å². The lowest BCUT2D eigenvalue weighted by Crippen LogP contribution is -2.09. The zero-order valence-corrected chi connectivity index (χ0v) is 18.4. The van der Waals surface area contributed by atoms with Crippen molar-refractivity contribution < 1.29 is 24.2 Å². The summed E-state index contributed by atoms with van der Waals surface area (Å²) in [7, 11) is 1.49. The number of aliphatic carboxylic acids is 1. The molecule has 1 heterocycles. The summed E-state index contributed by atoms with van der Waals surface area (Å²) in [6.45, 7) is 2.54. The summed E-state index contributed by atoms with van der Waals surface area (Å²) in [4.78, 5) is 17.7. The number of benzene rings is 2. The number of thiophene rings is 1. The highest BCUT2D eigenvalue weighted by atomic mass is 32.1. The van der Waals surface area contributed by atoms with Crippen LogP contribution in [0, 0.1) is 0 Å². The first kappa shape index (κ1) is 22.4. The van der Waals surface area contributed by atoms with Crippen molar-refractivity contribution in [2.24, 2.45) is 5.16 Å². The SMILES string of the molecule is CC/C(=N\OCCOc1cccc(CC(=O)O)c1OC)c1ccc(-c2cccs2)cc1. The van der Waals surface area contributed by atoms with Crippen molar-refractivity contribution in [3.63, 3.8) is 0 Å². The number of oxime groups is 1. The van der Waals surface area contributed by atoms with Crippen LogP contribution in [0.4, 0.5) is 0 Å². The highest BCUT2D eigenvalue weighted by molar-refractivity contribution is 7.13. The molecule has 0 saturated heterocycles. The van der Waals surface area contributed by atoms with Crippen molar-refractivity contribution in [2.45, 2.75) is 19.8 Å². The number of carboxylic acids is 1. The molecule has 0 bridgehead atoms. The van der Waals surface area contributed by atoms with Crippen LogP contribution in [0.3, 0.4) is 0 Å². The molecule has 1 N–H and O–H groups in total. The monoisotopic (exact) mass is 439 g/mol. The topological polar surface area (TPSA) is 77.4 Å². The number of methoxy groups -OCH3 is 1. The minimum absolute atomic E-state index is 0.133. The molecule has 31 heavy (non-hydrogen) atoms. The van der Waals surface area contributed by atoms with Crippen molar-refractivity contribution in [1.82, 2.24) is 0 Å². The fraction of sp³-hybridized carbons (Fsp3) is 0.250. The summed E-state index contributed by atoms with van der Waals surface area (Å²) in [5, 5.41) is 15.4. The fourth-order valence-electron chi connectivity index (χ4n) is 3.11. The maximum atomic E-state index is 11.0. The third kappa shape index (κ3) is 6.08. The molecule has 0 amide bonds. The van der Waals surface area contributed by atoms with E-state index in [0.717, 1.165) is 17.7 Å². The molecule has 0 aliphatic carbocycles. The summed E-state index contributed by atoms with van der Waals surface area (Å²) in [5.41, 5.74) is 3.62. The van der Waals surface area contributed by atoms with Gasteiger partial charge in [0.1, 0.15) is 6.61 Å². The van der Waals surface area contributed by atoms with E-state index in [1.54, 1.807) is 29.5 Å². The summed E-state index contributed by atoms with van der Waals surface area (Å²) < 4.78 is 11.0. The summed E-state index contributed by atoms with van der Waals surface area (Å²) in [6.07, 6.45) is 0.608. The Morgan fingerprint density at radius 1 is 1.06 bits per heavy atom. The molecule has 0 fully saturated rings. The third-order valence-electron chi connectivity index (χ3n) is 4.57. The van der Waals surface area contributed by atoms with Crippen LogP contribution in [0.2, 0.25) is 0 Å². The Kier molecular flexibility index (Phi) is 8.06. The van der Waals surface area contributed by atoms with Gasteiger partial charge in [-0.2, -0.15) is 0 Å². The number of carbonyl (C=O) groups is 1. The van der Waals surface area contributed by atoms with Gasteiger partial charge in [0.2, 0.25) is 0 Å². The quantitative estimate of drug-likeness (QED) is 0.250. The standard InChI is InChI=1S/C24H25NO5S/c1-3-20(17-9-11-18(12-10-17)22-8-5-15-31-22)25-30-14-13-29-21-7-4-6-19(16-23(26)27)24(21)28-2/h4-12,15H,3,13-14,16H2,1-2H3,(H,26,27)/b25-20+. The van der Waals surface area contributed by atoms with Crippen molar-refractivity contribution in [1.29, 1.82) is 0 Å². The first-order valence-electron chi connectivity index (χ1n) is 9.96. The second-order valence-electron chi connectivity index (χ2n) is 6.65. The predicted molar refractivity (Wildman–Crippen MR) is 122 cm³/mol. The second-order valence-corrected chi connectivity index (χ2v) is 7.59. The largest absolute Gasteiger partial charge is 0.493 e. The Morgan fingerprint density at radius 3 is 2.52 bits per heavy atom. The van der Waals surface area contributed by atoms with Crippen molar-refractivity contribution in [3.05, 3.63) is 71.1 Å². The Hall–Kier alpha value is -3.32. The molecule has 0 saturated carbocycles. The predicted octanol–water partition coefficient (Wildman–Crippen LogP) is 5.26. The van der Waals surface area contributed by atoms with E-state index in [4.69, 9.17) is 19.4 Å². The maximum absolute atomic E-state index is 11.0. The number of ether oxygens (including phenoxy) is 2. The average Bonchev–Trinajstić information content (AvgIpc) is 3.31. The lowest BCUT2D eigenvalue weighted by molar-refractivity contribution is -0.136. The molecule has 0 radical (unpaired) electrons. The highest BCUT2D eigenvalue weighted by Crippen LogP contribution is 2.31. The highest BCUT2D eigenvalue weighted by Gasteiger charge is 2.13. The molecule has 0 aliphatic rings. The van der Waals surface area contributed by atoms with Crippen LogP contribution in [0.5, 0.6) is 11.5 Å². The van der Waals surface area contributed by atoms with E-state index in [2.05, 4.69) is 40.9 Å². The average molecular weight is 440 g/mol. The van der Waals surface area contributed by atoms with Gasteiger partial charge in [-0.05, 0) is 35.1 Å². The second kappa shape index (κ2) is 11.2. The molecule has 0 spiro atoms. The molecule has 3 aromatic rings. The Bertz CT molecular complexity index is 1010. The van der Waals surface area contributed by atoms with Gasteiger partial charge in [-0.1, -0.05) is 54.5 Å². The summed E-state index contributed by atoms with van der Waals surface area (Å²) in [5.74, 6) is -0.0224. The van der Waals surface area contributed by atoms with Crippen LogP contribution >= 0.6 is 11.3 Å². The van der Waals surface area contributed by atoms with Gasteiger partial charge in [0.25, 0.3) is 0 Å². The molecule has 0 aliphatic heterocycles. The van der Waals surface area contributed by atoms with Gasteiger partial charge in [0.15, 0.2) is 18.1 Å². The molecule has 0 unspecified atom stereocenters. The van der Waals surface area contributed by atoms with Crippen molar-refractivity contribution in [3.8, 4) is 21.9 Å². The normalized spacial score (nSPS) is 11.2. The minimum atomic E-state index is -0.927. The zero-order valence-electron chi connectivity index (χ0n) is 17.5. The van der Waals surface area contributed by atoms with Crippen LogP contribution in [-0.4, -0.2) is 37.1 Å². The van der Waals surface area contributed by atoms with E-state index in [1.807, 2.05) is 13.0 Å². The fourth-order valence-corrected chi connectivity index (χ4v) is 3.85. The van der Waals surface area contributed by atoms with Crippen molar-refractivity contribution >= 4 is 23.0 Å². The molecule has 6 nitrogen and oxygen atoms in total. The van der Waals surface area contributed by atoms with Crippen LogP contribution in [0.25, 0.3) is 10.4 Å². The van der Waals surface area contributed by atoms with Gasteiger partial charge >= 0.3 is 5.97 Å². The summed E-state index contributed by atoms with van der Waals surface area (Å²) in [6, 6.07) is 17.6. The van der Waals surface area contributed by atoms with E-state index in [-0.39, 0.29) is 19.6 Å². The molecule has 2 aromatic carbocycles. The smallest absolute Gasteiger partial charge is 0.307 e. The van der Waals surface area contributed by atoms with Crippen molar-refractivity contribution in [2.75, 3.05) is 20.3 Å². The first-order valence-corrected chi connectivity index (χ1v) is 10.8. The Labute approximate surface area is 185 Å². The number of nitrogens with zero attached hydrogens (tertiary/aromatic N) is 1. The van der Waals surface area contributed by atoms with Gasteiger partial charge in [0, 0.05) is 10.4 Å². The number of hydrogen-bond donors (Lipinski definition) is 1. The van der Waals surface area contributed by atoms with E-state index in [0.29, 0.717) is 17.1 Å². The van der Waals surface area contributed by atoms with Gasteiger partial charge in [-0.25, -0.2) is 0 Å². The molecule has 1 aromatic heterocycles. The number of hydrogen-bond acceptors (Lipinski definition) is 6. The van der Waals surface area contributed by atoms with Crippen LogP contribution < -0.4 is 9.47 Å². The van der Waals surface area contributed by atoms with E-state index in [9.17, 15) is 4.79 Å². The maximum Gasteiger partial charge on any atom is 0.307 e. The molecule has 7 heteroatoms.